The second-order valence-electron chi connectivity index (χ2n) is 10.6. The molecule has 12 heteroatoms. The molecule has 41 heavy (non-hydrogen) atoms. The van der Waals surface area contributed by atoms with Gasteiger partial charge in [0.25, 0.3) is 0 Å². The standard InChI is InChI=1S/C29H42N6O5.ClH/c1-20-15-21(2)35(33-20)19-28(37)34-13-5-4-11-31-29(38)24-17-23(18-32-24)40-25-9-7-22(16-26(25)39-3)8-10-27(36)30-12-6-14-34;/h7,9,15-16,23-24,32H,4-6,8,10-14,17-19H2,1-3H3,(H,30,36)(H,31,38);1H/t23-,24-;/m0./s1. The third kappa shape index (κ3) is 9.36. The number of halogens is 1. The van der Waals surface area contributed by atoms with Gasteiger partial charge in [0.05, 0.1) is 18.8 Å². The normalized spacial score (nSPS) is 21.0. The second-order valence-corrected chi connectivity index (χ2v) is 10.6. The molecular weight excluding hydrogens is 548 g/mol. The van der Waals surface area contributed by atoms with Gasteiger partial charge in [0.15, 0.2) is 11.5 Å². The maximum Gasteiger partial charge on any atom is 0.244 e. The highest BCUT2D eigenvalue weighted by atomic mass is 35.5. The Morgan fingerprint density at radius 2 is 1.85 bits per heavy atom. The number of hydrogen-bond acceptors (Lipinski definition) is 7. The summed E-state index contributed by atoms with van der Waals surface area (Å²) in [5.74, 6) is 1.17. The Hall–Kier alpha value is -3.31. The minimum absolute atomic E-state index is 0. The zero-order valence-electron chi connectivity index (χ0n) is 24.2. The molecule has 11 nitrogen and oxygen atoms in total. The summed E-state index contributed by atoms with van der Waals surface area (Å²) in [6, 6.07) is 7.34. The van der Waals surface area contributed by atoms with Gasteiger partial charge in [-0.15, -0.1) is 12.4 Å². The molecule has 4 bridgehead atoms. The molecule has 0 aliphatic carbocycles. The van der Waals surface area contributed by atoms with Crippen LogP contribution in [-0.2, 0) is 27.3 Å². The van der Waals surface area contributed by atoms with Crippen LogP contribution in [-0.4, -0.2) is 84.4 Å². The van der Waals surface area contributed by atoms with E-state index in [0.29, 0.717) is 69.9 Å². The summed E-state index contributed by atoms with van der Waals surface area (Å²) in [4.78, 5) is 40.2. The van der Waals surface area contributed by atoms with Gasteiger partial charge in [0.2, 0.25) is 17.7 Å². The van der Waals surface area contributed by atoms with E-state index >= 15 is 0 Å². The van der Waals surface area contributed by atoms with Crippen LogP contribution in [0.4, 0.5) is 0 Å². The van der Waals surface area contributed by atoms with Crippen LogP contribution < -0.4 is 25.4 Å². The number of benzene rings is 1. The monoisotopic (exact) mass is 590 g/mol. The number of nitrogens with one attached hydrogen (secondary N) is 3. The molecule has 3 aliphatic rings. The first-order chi connectivity index (χ1) is 19.3. The van der Waals surface area contributed by atoms with Gasteiger partial charge in [-0.25, -0.2) is 0 Å². The van der Waals surface area contributed by atoms with Gasteiger partial charge in [-0.1, -0.05) is 6.07 Å². The highest BCUT2D eigenvalue weighted by Crippen LogP contribution is 2.30. The summed E-state index contributed by atoms with van der Waals surface area (Å²) >= 11 is 0. The minimum Gasteiger partial charge on any atom is -0.493 e. The van der Waals surface area contributed by atoms with E-state index in [0.717, 1.165) is 29.8 Å². The summed E-state index contributed by atoms with van der Waals surface area (Å²) in [5, 5.41) is 13.7. The van der Waals surface area contributed by atoms with Crippen molar-refractivity contribution in [3.05, 3.63) is 41.2 Å². The number of carbonyl (C=O) groups is 3. The Labute approximate surface area is 248 Å². The van der Waals surface area contributed by atoms with Crippen LogP contribution in [0, 0.1) is 13.8 Å². The third-order valence-corrected chi connectivity index (χ3v) is 7.39. The summed E-state index contributed by atoms with van der Waals surface area (Å²) in [6.45, 7) is 6.74. The Bertz CT molecular complexity index is 1190. The topological polar surface area (TPSA) is 127 Å². The molecule has 1 aromatic carbocycles. The molecule has 5 rings (SSSR count). The van der Waals surface area contributed by atoms with Crippen molar-refractivity contribution in [3.8, 4) is 11.5 Å². The largest absolute Gasteiger partial charge is 0.493 e. The zero-order valence-corrected chi connectivity index (χ0v) is 25.1. The van der Waals surface area contributed by atoms with E-state index in [1.807, 2.05) is 43.0 Å². The molecular formula is C29H43ClN6O5. The number of rotatable bonds is 3. The highest BCUT2D eigenvalue weighted by molar-refractivity contribution is 5.85. The fourth-order valence-electron chi connectivity index (χ4n) is 5.17. The van der Waals surface area contributed by atoms with Crippen molar-refractivity contribution >= 4 is 30.1 Å². The van der Waals surface area contributed by atoms with Crippen LogP contribution >= 0.6 is 12.4 Å². The van der Waals surface area contributed by atoms with Crippen LogP contribution in [0.2, 0.25) is 0 Å². The predicted molar refractivity (Wildman–Crippen MR) is 158 cm³/mol. The van der Waals surface area contributed by atoms with E-state index in [4.69, 9.17) is 9.47 Å². The minimum atomic E-state index is -0.314. The fourth-order valence-corrected chi connectivity index (χ4v) is 5.17. The predicted octanol–water partition coefficient (Wildman–Crippen LogP) is 1.92. The Balaban J connectivity index is 0.00000462. The summed E-state index contributed by atoms with van der Waals surface area (Å²) in [5.41, 5.74) is 2.80. The summed E-state index contributed by atoms with van der Waals surface area (Å²) in [7, 11) is 1.59. The number of aromatic nitrogens is 2. The lowest BCUT2D eigenvalue weighted by Gasteiger charge is -2.23. The van der Waals surface area contributed by atoms with Gasteiger partial charge in [0, 0.05) is 51.3 Å². The van der Waals surface area contributed by atoms with Gasteiger partial charge in [-0.3, -0.25) is 19.1 Å². The van der Waals surface area contributed by atoms with Crippen molar-refractivity contribution < 1.29 is 23.9 Å². The smallest absolute Gasteiger partial charge is 0.244 e. The van der Waals surface area contributed by atoms with Gasteiger partial charge in [0.1, 0.15) is 12.6 Å². The molecule has 226 valence electrons. The SMILES string of the molecule is COc1cc2ccc1O[C@@H]1CN[C@@H](C1)C(=O)NCCCCN(C(=O)Cn1nc(C)cc1C)CCCNC(=O)CC2.Cl. The molecule has 0 unspecified atom stereocenters. The molecule has 3 aliphatic heterocycles. The number of amides is 3. The van der Waals surface area contributed by atoms with Crippen molar-refractivity contribution in [2.45, 2.75) is 71.1 Å². The molecule has 0 radical (unpaired) electrons. The number of methoxy groups -OCH3 is 1. The van der Waals surface area contributed by atoms with E-state index in [2.05, 4.69) is 21.0 Å². The molecule has 2 aromatic rings. The highest BCUT2D eigenvalue weighted by Gasteiger charge is 2.31. The maximum absolute atomic E-state index is 13.2. The first-order valence-electron chi connectivity index (χ1n) is 14.2. The summed E-state index contributed by atoms with van der Waals surface area (Å²) < 4.78 is 13.4. The molecule has 0 spiro atoms. The van der Waals surface area contributed by atoms with E-state index in [-0.39, 0.29) is 48.8 Å². The number of carbonyl (C=O) groups excluding carboxylic acids is 3. The van der Waals surface area contributed by atoms with Gasteiger partial charge < -0.3 is 30.3 Å². The van der Waals surface area contributed by atoms with Crippen LogP contribution in [0.1, 0.15) is 49.1 Å². The van der Waals surface area contributed by atoms with E-state index in [1.54, 1.807) is 11.8 Å². The van der Waals surface area contributed by atoms with Crippen LogP contribution in [0.15, 0.2) is 24.3 Å². The van der Waals surface area contributed by atoms with E-state index in [9.17, 15) is 14.4 Å². The average molecular weight is 591 g/mol. The van der Waals surface area contributed by atoms with E-state index in [1.165, 1.54) is 0 Å². The van der Waals surface area contributed by atoms with Crippen LogP contribution in [0.25, 0.3) is 0 Å². The fraction of sp³-hybridized carbons (Fsp3) is 0.586. The molecule has 1 fully saturated rings. The van der Waals surface area contributed by atoms with Crippen molar-refractivity contribution in [1.29, 1.82) is 0 Å². The molecule has 4 heterocycles. The van der Waals surface area contributed by atoms with Crippen LogP contribution in [0.3, 0.4) is 0 Å². The van der Waals surface area contributed by atoms with Crippen molar-refractivity contribution in [2.24, 2.45) is 0 Å². The van der Waals surface area contributed by atoms with Crippen LogP contribution in [0.5, 0.6) is 11.5 Å². The van der Waals surface area contributed by atoms with Gasteiger partial charge >= 0.3 is 0 Å². The van der Waals surface area contributed by atoms with Crippen molar-refractivity contribution in [3.63, 3.8) is 0 Å². The number of aryl methyl sites for hydroxylation is 3. The lowest BCUT2D eigenvalue weighted by Crippen LogP contribution is -2.41. The third-order valence-electron chi connectivity index (χ3n) is 7.39. The molecule has 3 N–H and O–H groups in total. The molecule has 1 saturated heterocycles. The number of ether oxygens (including phenoxy) is 2. The number of fused-ring (bicyclic) bond motifs is 15. The van der Waals surface area contributed by atoms with Crippen molar-refractivity contribution in [2.75, 3.05) is 39.8 Å². The first kappa shape index (κ1) is 32.2. The van der Waals surface area contributed by atoms with E-state index < -0.39 is 0 Å². The second kappa shape index (κ2) is 15.6. The Morgan fingerprint density at radius 3 is 2.61 bits per heavy atom. The first-order valence-corrected chi connectivity index (χ1v) is 14.2. The number of hydrogen-bond donors (Lipinski definition) is 3. The van der Waals surface area contributed by atoms with Gasteiger partial charge in [-0.05, 0) is 63.3 Å². The summed E-state index contributed by atoms with van der Waals surface area (Å²) in [6.07, 6.45) is 3.50. The molecule has 2 atom stereocenters. The maximum atomic E-state index is 13.2. The lowest BCUT2D eigenvalue weighted by molar-refractivity contribution is -0.132. The average Bonchev–Trinajstić information content (AvgIpc) is 3.53. The molecule has 1 aromatic heterocycles. The molecule has 0 saturated carbocycles. The zero-order chi connectivity index (χ0) is 28.5. The quantitative estimate of drug-likeness (QED) is 0.498. The van der Waals surface area contributed by atoms with Gasteiger partial charge in [-0.2, -0.15) is 5.10 Å². The van der Waals surface area contributed by atoms with Crippen molar-refractivity contribution in [1.82, 2.24) is 30.6 Å². The molecule has 3 amide bonds. The Morgan fingerprint density at radius 1 is 1.07 bits per heavy atom. The lowest BCUT2D eigenvalue weighted by atomic mass is 10.1. The Kier molecular flexibility index (Phi) is 12.3. The number of nitrogens with zero attached hydrogens (tertiary/aromatic N) is 3.